The van der Waals surface area contributed by atoms with E-state index in [-0.39, 0.29) is 6.10 Å². The van der Waals surface area contributed by atoms with Crippen molar-refractivity contribution in [2.45, 2.75) is 71.9 Å². The van der Waals surface area contributed by atoms with Crippen molar-refractivity contribution in [1.29, 1.82) is 0 Å². The molecule has 0 spiro atoms. The van der Waals surface area contributed by atoms with Crippen LogP contribution in [-0.4, -0.2) is 35.7 Å². The summed E-state index contributed by atoms with van der Waals surface area (Å²) in [5.74, 6) is 0.716. The molecule has 1 rings (SSSR count). The first kappa shape index (κ1) is 15.0. The fraction of sp³-hybridized carbons (Fsp3) is 1.00. The highest BCUT2D eigenvalue weighted by molar-refractivity contribution is 4.91. The van der Waals surface area contributed by atoms with E-state index in [0.29, 0.717) is 17.4 Å². The molecule has 2 nitrogen and oxygen atoms in total. The summed E-state index contributed by atoms with van der Waals surface area (Å²) in [4.78, 5) is 2.49. The third-order valence-corrected chi connectivity index (χ3v) is 4.33. The van der Waals surface area contributed by atoms with Crippen molar-refractivity contribution < 1.29 is 5.11 Å². The van der Waals surface area contributed by atoms with Crippen molar-refractivity contribution in [2.75, 3.05) is 13.6 Å². The summed E-state index contributed by atoms with van der Waals surface area (Å²) in [6, 6.07) is 0.560. The van der Waals surface area contributed by atoms with Gasteiger partial charge < -0.3 is 10.0 Å². The van der Waals surface area contributed by atoms with E-state index in [1.165, 1.54) is 25.8 Å². The van der Waals surface area contributed by atoms with E-state index in [4.69, 9.17) is 0 Å². The van der Waals surface area contributed by atoms with Crippen LogP contribution in [0.5, 0.6) is 0 Å². The lowest BCUT2D eigenvalue weighted by Gasteiger charge is -2.46. The van der Waals surface area contributed by atoms with Crippen LogP contribution in [0.1, 0.15) is 59.8 Å². The van der Waals surface area contributed by atoms with Crippen molar-refractivity contribution >= 4 is 0 Å². The van der Waals surface area contributed by atoms with Crippen LogP contribution in [0.2, 0.25) is 0 Å². The molecular formula is C15H31NO. The molecule has 0 aromatic carbocycles. The van der Waals surface area contributed by atoms with Crippen LogP contribution in [0.4, 0.5) is 0 Å². The summed E-state index contributed by atoms with van der Waals surface area (Å²) >= 11 is 0. The van der Waals surface area contributed by atoms with Gasteiger partial charge >= 0.3 is 0 Å². The average Bonchev–Trinajstić information content (AvgIpc) is 2.24. The fourth-order valence-corrected chi connectivity index (χ4v) is 3.20. The minimum Gasteiger partial charge on any atom is -0.393 e. The largest absolute Gasteiger partial charge is 0.393 e. The van der Waals surface area contributed by atoms with Crippen LogP contribution >= 0.6 is 0 Å². The van der Waals surface area contributed by atoms with Gasteiger partial charge in [-0.15, -0.1) is 0 Å². The molecule has 0 amide bonds. The summed E-state index contributed by atoms with van der Waals surface area (Å²) in [6.45, 7) is 10.4. The van der Waals surface area contributed by atoms with Gasteiger partial charge in [0, 0.05) is 6.04 Å². The van der Waals surface area contributed by atoms with E-state index >= 15 is 0 Å². The van der Waals surface area contributed by atoms with Gasteiger partial charge in [0.1, 0.15) is 0 Å². The lowest BCUT2D eigenvalue weighted by atomic mass is 9.68. The zero-order valence-corrected chi connectivity index (χ0v) is 12.4. The maximum Gasteiger partial charge on any atom is 0.0555 e. The van der Waals surface area contributed by atoms with Gasteiger partial charge in [0.15, 0.2) is 0 Å². The monoisotopic (exact) mass is 241 g/mol. The first-order valence-corrected chi connectivity index (χ1v) is 7.24. The Balaban J connectivity index is 2.67. The topological polar surface area (TPSA) is 23.5 Å². The van der Waals surface area contributed by atoms with Crippen molar-refractivity contribution in [3.8, 4) is 0 Å². The predicted molar refractivity (Wildman–Crippen MR) is 74.1 cm³/mol. The van der Waals surface area contributed by atoms with Crippen LogP contribution in [0, 0.1) is 11.3 Å². The normalized spacial score (nSPS) is 30.9. The maximum absolute atomic E-state index is 9.91. The Kier molecular flexibility index (Phi) is 5.46. The molecule has 0 bridgehead atoms. The van der Waals surface area contributed by atoms with E-state index in [1.807, 2.05) is 0 Å². The van der Waals surface area contributed by atoms with Crippen molar-refractivity contribution in [1.82, 2.24) is 4.90 Å². The molecule has 0 heterocycles. The number of hydrogen-bond donors (Lipinski definition) is 1. The molecular weight excluding hydrogens is 210 g/mol. The van der Waals surface area contributed by atoms with Crippen molar-refractivity contribution in [2.24, 2.45) is 11.3 Å². The van der Waals surface area contributed by atoms with Crippen molar-refractivity contribution in [3.63, 3.8) is 0 Å². The van der Waals surface area contributed by atoms with E-state index in [2.05, 4.69) is 39.6 Å². The number of rotatable bonds is 4. The number of hydrogen-bond acceptors (Lipinski definition) is 2. The molecule has 1 saturated carbocycles. The SMILES string of the molecule is CCCCN(C)C1CC(O)CCC1C(C)(C)C. The summed E-state index contributed by atoms with van der Waals surface area (Å²) in [5, 5.41) is 9.91. The van der Waals surface area contributed by atoms with Gasteiger partial charge in [-0.2, -0.15) is 0 Å². The van der Waals surface area contributed by atoms with Gasteiger partial charge in [0.05, 0.1) is 6.10 Å². The van der Waals surface area contributed by atoms with Crippen LogP contribution in [-0.2, 0) is 0 Å². The molecule has 2 heteroatoms. The Labute approximate surface area is 107 Å². The summed E-state index contributed by atoms with van der Waals surface area (Å²) < 4.78 is 0. The lowest BCUT2D eigenvalue weighted by Crippen LogP contribution is -2.48. The van der Waals surface area contributed by atoms with Crippen LogP contribution < -0.4 is 0 Å². The second-order valence-electron chi connectivity index (χ2n) is 6.84. The Morgan fingerprint density at radius 1 is 1.24 bits per heavy atom. The highest BCUT2D eigenvalue weighted by Crippen LogP contribution is 2.40. The Hall–Kier alpha value is -0.0800. The number of unbranched alkanes of at least 4 members (excludes halogenated alkanes) is 1. The highest BCUT2D eigenvalue weighted by atomic mass is 16.3. The molecule has 0 aromatic rings. The standard InChI is InChI=1S/C15H31NO/c1-6-7-10-16(5)14-11-12(17)8-9-13(14)15(2,3)4/h12-14,17H,6-11H2,1-5H3. The molecule has 0 aliphatic heterocycles. The molecule has 1 N–H and O–H groups in total. The average molecular weight is 241 g/mol. The van der Waals surface area contributed by atoms with Gasteiger partial charge in [-0.1, -0.05) is 34.1 Å². The molecule has 1 aliphatic rings. The van der Waals surface area contributed by atoms with Crippen LogP contribution in [0.25, 0.3) is 0 Å². The zero-order chi connectivity index (χ0) is 13.1. The first-order chi connectivity index (χ1) is 7.86. The second-order valence-corrected chi connectivity index (χ2v) is 6.84. The van der Waals surface area contributed by atoms with E-state index < -0.39 is 0 Å². The molecule has 102 valence electrons. The number of aliphatic hydroxyl groups is 1. The van der Waals surface area contributed by atoms with E-state index in [9.17, 15) is 5.11 Å². The molecule has 3 unspecified atom stereocenters. The first-order valence-electron chi connectivity index (χ1n) is 7.24. The van der Waals surface area contributed by atoms with Crippen molar-refractivity contribution in [3.05, 3.63) is 0 Å². The predicted octanol–water partition coefficient (Wildman–Crippen LogP) is 3.29. The summed E-state index contributed by atoms with van der Waals surface area (Å²) in [5.41, 5.74) is 0.352. The van der Waals surface area contributed by atoms with Crippen LogP contribution in [0.15, 0.2) is 0 Å². The molecule has 1 aliphatic carbocycles. The number of nitrogens with zero attached hydrogens (tertiary/aromatic N) is 1. The smallest absolute Gasteiger partial charge is 0.0555 e. The van der Waals surface area contributed by atoms with Gasteiger partial charge in [-0.25, -0.2) is 0 Å². The van der Waals surface area contributed by atoms with E-state index in [0.717, 1.165) is 12.8 Å². The number of aliphatic hydroxyl groups excluding tert-OH is 1. The lowest BCUT2D eigenvalue weighted by molar-refractivity contribution is -0.00244. The minimum atomic E-state index is -0.0809. The molecule has 3 atom stereocenters. The second kappa shape index (κ2) is 6.19. The quantitative estimate of drug-likeness (QED) is 0.816. The highest BCUT2D eigenvalue weighted by Gasteiger charge is 2.38. The van der Waals surface area contributed by atoms with Crippen LogP contribution in [0.3, 0.4) is 0 Å². The molecule has 0 saturated heterocycles. The molecule has 17 heavy (non-hydrogen) atoms. The van der Waals surface area contributed by atoms with Gasteiger partial charge in [0.2, 0.25) is 0 Å². The van der Waals surface area contributed by atoms with Gasteiger partial charge in [-0.3, -0.25) is 0 Å². The third-order valence-electron chi connectivity index (χ3n) is 4.33. The Morgan fingerprint density at radius 2 is 1.88 bits per heavy atom. The third kappa shape index (κ3) is 4.26. The Bertz CT molecular complexity index is 221. The molecule has 0 aromatic heterocycles. The summed E-state index contributed by atoms with van der Waals surface area (Å²) in [6.07, 6.45) is 5.55. The van der Waals surface area contributed by atoms with Gasteiger partial charge in [-0.05, 0) is 50.6 Å². The van der Waals surface area contributed by atoms with Gasteiger partial charge in [0.25, 0.3) is 0 Å². The zero-order valence-electron chi connectivity index (χ0n) is 12.4. The molecule has 1 fully saturated rings. The fourth-order valence-electron chi connectivity index (χ4n) is 3.20. The molecule has 0 radical (unpaired) electrons. The summed E-state index contributed by atoms with van der Waals surface area (Å²) in [7, 11) is 2.23. The Morgan fingerprint density at radius 3 is 2.41 bits per heavy atom. The van der Waals surface area contributed by atoms with E-state index in [1.54, 1.807) is 0 Å². The maximum atomic E-state index is 9.91. The minimum absolute atomic E-state index is 0.0809.